The quantitative estimate of drug-likeness (QED) is 0.190. The van der Waals surface area contributed by atoms with Crippen molar-refractivity contribution in [2.75, 3.05) is 4.90 Å². The van der Waals surface area contributed by atoms with Gasteiger partial charge in [0.05, 0.1) is 11.4 Å². The van der Waals surface area contributed by atoms with E-state index in [4.69, 9.17) is 9.15 Å². The van der Waals surface area contributed by atoms with Gasteiger partial charge in [0.1, 0.15) is 17.1 Å². The average Bonchev–Trinajstić information content (AvgIpc) is 3.56. The maximum Gasteiger partial charge on any atom is 0.159 e. The normalized spacial score (nSPS) is 11.8. The summed E-state index contributed by atoms with van der Waals surface area (Å²) in [6.07, 6.45) is 0. The van der Waals surface area contributed by atoms with Crippen LogP contribution in [0, 0.1) is 0 Å². The van der Waals surface area contributed by atoms with Crippen molar-refractivity contribution < 1.29 is 9.15 Å². The minimum absolute atomic E-state index is 0.855. The lowest BCUT2D eigenvalue weighted by Crippen LogP contribution is -2.11. The van der Waals surface area contributed by atoms with Crippen molar-refractivity contribution in [1.82, 2.24) is 0 Å². The molecule has 0 N–H and O–H groups in total. The fourth-order valence-electron chi connectivity index (χ4n) is 7.37. The summed E-state index contributed by atoms with van der Waals surface area (Å²) in [4.78, 5) is 2.31. The SMILES string of the molecule is c1ccc(-c2ccc(-c3ccc4c(c3)Oc3ccc(N(c5ccccc5)c5cccc6c5oc5ccccc56)c5cccc-4c35)cc2)cc1. The van der Waals surface area contributed by atoms with Crippen molar-refractivity contribution in [2.24, 2.45) is 0 Å². The first-order chi connectivity index (χ1) is 24.3. The van der Waals surface area contributed by atoms with Crippen molar-refractivity contribution in [3.63, 3.8) is 0 Å². The van der Waals surface area contributed by atoms with Crippen molar-refractivity contribution in [2.45, 2.75) is 0 Å². The first kappa shape index (κ1) is 27.5. The number of hydrogen-bond donors (Lipinski definition) is 0. The van der Waals surface area contributed by atoms with Crippen LogP contribution in [0.3, 0.4) is 0 Å². The molecule has 0 spiro atoms. The van der Waals surface area contributed by atoms with Crippen LogP contribution in [-0.4, -0.2) is 0 Å². The highest BCUT2D eigenvalue weighted by molar-refractivity contribution is 6.14. The highest BCUT2D eigenvalue weighted by Gasteiger charge is 2.26. The minimum Gasteiger partial charge on any atom is -0.456 e. The smallest absolute Gasteiger partial charge is 0.159 e. The number of fused-ring (bicyclic) bond motifs is 5. The summed E-state index contributed by atoms with van der Waals surface area (Å²) in [6.45, 7) is 0. The number of para-hydroxylation sites is 3. The van der Waals surface area contributed by atoms with Crippen LogP contribution in [0.4, 0.5) is 17.1 Å². The highest BCUT2D eigenvalue weighted by atomic mass is 16.5. The molecular formula is C46H29NO2. The summed E-state index contributed by atoms with van der Waals surface area (Å²) in [5, 5.41) is 4.42. The van der Waals surface area contributed by atoms with Crippen LogP contribution in [0.25, 0.3) is 66.1 Å². The van der Waals surface area contributed by atoms with Crippen LogP contribution < -0.4 is 9.64 Å². The van der Waals surface area contributed by atoms with E-state index in [2.05, 4.69) is 163 Å². The number of ether oxygens (including phenoxy) is 1. The molecule has 1 aromatic heterocycles. The third-order valence-electron chi connectivity index (χ3n) is 9.68. The van der Waals surface area contributed by atoms with Crippen molar-refractivity contribution in [3.05, 3.63) is 176 Å². The van der Waals surface area contributed by atoms with Crippen LogP contribution in [-0.2, 0) is 0 Å². The Kier molecular flexibility index (Phi) is 6.18. The van der Waals surface area contributed by atoms with E-state index in [9.17, 15) is 0 Å². The van der Waals surface area contributed by atoms with E-state index < -0.39 is 0 Å². The Morgan fingerprint density at radius 1 is 0.388 bits per heavy atom. The molecule has 0 radical (unpaired) electrons. The lowest BCUT2D eigenvalue weighted by atomic mass is 9.91. The number of rotatable bonds is 5. The maximum atomic E-state index is 6.72. The lowest BCUT2D eigenvalue weighted by molar-refractivity contribution is 0.487. The van der Waals surface area contributed by atoms with Gasteiger partial charge in [-0.15, -0.1) is 0 Å². The van der Waals surface area contributed by atoms with Gasteiger partial charge in [-0.05, 0) is 76.3 Å². The van der Waals surface area contributed by atoms with Gasteiger partial charge in [-0.1, -0.05) is 127 Å². The third-order valence-corrected chi connectivity index (χ3v) is 9.68. The molecule has 0 bridgehead atoms. The number of benzene rings is 8. The Labute approximate surface area is 283 Å². The van der Waals surface area contributed by atoms with Crippen LogP contribution in [0.15, 0.2) is 180 Å². The number of furan rings is 1. The summed E-state index contributed by atoms with van der Waals surface area (Å²) < 4.78 is 13.3. The van der Waals surface area contributed by atoms with E-state index in [0.717, 1.165) is 83.5 Å². The zero-order chi connectivity index (χ0) is 32.3. The predicted octanol–water partition coefficient (Wildman–Crippen LogP) is 13.3. The first-order valence-corrected chi connectivity index (χ1v) is 16.6. The lowest BCUT2D eigenvalue weighted by Gasteiger charge is -2.29. The predicted molar refractivity (Wildman–Crippen MR) is 202 cm³/mol. The van der Waals surface area contributed by atoms with E-state index >= 15 is 0 Å². The third kappa shape index (κ3) is 4.44. The molecule has 0 amide bonds. The molecular weight excluding hydrogens is 599 g/mol. The Morgan fingerprint density at radius 3 is 1.88 bits per heavy atom. The summed E-state index contributed by atoms with van der Waals surface area (Å²) in [5.41, 5.74) is 11.8. The molecule has 0 aliphatic carbocycles. The fourth-order valence-corrected chi connectivity index (χ4v) is 7.37. The molecule has 0 atom stereocenters. The molecule has 0 unspecified atom stereocenters. The molecule has 10 rings (SSSR count). The standard InChI is InChI=1S/C46H29NO2/c1-3-11-30(12-4-1)31-21-23-32(24-22-31)33-25-26-36-37-16-9-18-39-40(27-28-43(45(37)39)48-44(36)29-33)47(34-13-5-2-6-14-34)41-19-10-17-38-35-15-7-8-20-42(35)49-46(38)41/h1-29H. The second-order valence-corrected chi connectivity index (χ2v) is 12.5. The summed E-state index contributed by atoms with van der Waals surface area (Å²) >= 11 is 0. The van der Waals surface area contributed by atoms with Crippen LogP contribution in [0.2, 0.25) is 0 Å². The van der Waals surface area contributed by atoms with Crippen molar-refractivity contribution >= 4 is 49.8 Å². The second-order valence-electron chi connectivity index (χ2n) is 12.5. The zero-order valence-electron chi connectivity index (χ0n) is 26.5. The van der Waals surface area contributed by atoms with Gasteiger partial charge in [0.25, 0.3) is 0 Å². The van der Waals surface area contributed by atoms with Gasteiger partial charge in [-0.3, -0.25) is 0 Å². The Balaban J connectivity index is 1.11. The van der Waals surface area contributed by atoms with Gasteiger partial charge in [0.15, 0.2) is 5.58 Å². The zero-order valence-corrected chi connectivity index (χ0v) is 26.5. The molecule has 1 aliphatic rings. The Morgan fingerprint density at radius 2 is 1.04 bits per heavy atom. The van der Waals surface area contributed by atoms with Gasteiger partial charge < -0.3 is 14.1 Å². The molecule has 1 aliphatic heterocycles. The molecule has 3 heteroatoms. The van der Waals surface area contributed by atoms with E-state index in [1.807, 2.05) is 18.2 Å². The fraction of sp³-hybridized carbons (Fsp3) is 0. The molecule has 0 saturated heterocycles. The molecule has 49 heavy (non-hydrogen) atoms. The molecule has 230 valence electrons. The molecule has 9 aromatic rings. The highest BCUT2D eigenvalue weighted by Crippen LogP contribution is 2.52. The van der Waals surface area contributed by atoms with Crippen LogP contribution in [0.1, 0.15) is 0 Å². The number of anilines is 3. The number of hydrogen-bond acceptors (Lipinski definition) is 3. The molecule has 0 saturated carbocycles. The molecule has 3 nitrogen and oxygen atoms in total. The van der Waals surface area contributed by atoms with Crippen molar-refractivity contribution in [1.29, 1.82) is 0 Å². The topological polar surface area (TPSA) is 25.6 Å². The van der Waals surface area contributed by atoms with E-state index in [0.29, 0.717) is 0 Å². The summed E-state index contributed by atoms with van der Waals surface area (Å²) in [5.74, 6) is 1.72. The first-order valence-electron chi connectivity index (χ1n) is 16.6. The minimum atomic E-state index is 0.855. The van der Waals surface area contributed by atoms with E-state index in [-0.39, 0.29) is 0 Å². The van der Waals surface area contributed by atoms with Gasteiger partial charge in [0, 0.05) is 32.8 Å². The Bertz CT molecular complexity index is 2670. The molecule has 8 aromatic carbocycles. The molecule has 2 heterocycles. The molecule has 0 fully saturated rings. The largest absolute Gasteiger partial charge is 0.456 e. The maximum absolute atomic E-state index is 6.72. The summed E-state index contributed by atoms with van der Waals surface area (Å²) in [7, 11) is 0. The van der Waals surface area contributed by atoms with Gasteiger partial charge in [-0.25, -0.2) is 0 Å². The van der Waals surface area contributed by atoms with Crippen LogP contribution in [0.5, 0.6) is 11.5 Å². The van der Waals surface area contributed by atoms with Crippen LogP contribution >= 0.6 is 0 Å². The van der Waals surface area contributed by atoms with Gasteiger partial charge in [-0.2, -0.15) is 0 Å². The summed E-state index contributed by atoms with van der Waals surface area (Å²) in [6, 6.07) is 61.8. The number of nitrogens with zero attached hydrogens (tertiary/aromatic N) is 1. The van der Waals surface area contributed by atoms with E-state index in [1.54, 1.807) is 0 Å². The monoisotopic (exact) mass is 627 g/mol. The van der Waals surface area contributed by atoms with E-state index in [1.165, 1.54) is 11.1 Å². The van der Waals surface area contributed by atoms with Gasteiger partial charge in [0.2, 0.25) is 0 Å². The average molecular weight is 628 g/mol. The Hall–Kier alpha value is -6.58. The second kappa shape index (κ2) is 11.0. The van der Waals surface area contributed by atoms with Crippen molar-refractivity contribution in [3.8, 4) is 44.9 Å². The van der Waals surface area contributed by atoms with Gasteiger partial charge >= 0.3 is 0 Å².